The summed E-state index contributed by atoms with van der Waals surface area (Å²) in [5.41, 5.74) is 3.70. The van der Waals surface area contributed by atoms with Gasteiger partial charge in [0.1, 0.15) is 6.07 Å². The quantitative estimate of drug-likeness (QED) is 0.792. The van der Waals surface area contributed by atoms with E-state index in [0.717, 1.165) is 16.8 Å². The first-order valence-corrected chi connectivity index (χ1v) is 8.63. The van der Waals surface area contributed by atoms with Crippen molar-refractivity contribution in [3.63, 3.8) is 0 Å². The van der Waals surface area contributed by atoms with Crippen LogP contribution in [0.4, 0.5) is 0 Å². The molecule has 1 aromatic heterocycles. The Labute approximate surface area is 139 Å². The van der Waals surface area contributed by atoms with E-state index >= 15 is 0 Å². The van der Waals surface area contributed by atoms with E-state index in [2.05, 4.69) is 5.10 Å². The van der Waals surface area contributed by atoms with Crippen LogP contribution in [0.3, 0.4) is 0 Å². The Kier molecular flexibility index (Phi) is 3.93. The van der Waals surface area contributed by atoms with Crippen LogP contribution in [0.25, 0.3) is 16.9 Å². The number of aromatic nitrogens is 2. The number of nitrogens with zero attached hydrogens (tertiary/aromatic N) is 3. The van der Waals surface area contributed by atoms with Crippen molar-refractivity contribution in [2.24, 2.45) is 5.14 Å². The fourth-order valence-corrected chi connectivity index (χ4v) is 2.85. The number of benzene rings is 2. The van der Waals surface area contributed by atoms with Crippen LogP contribution in [0, 0.1) is 18.3 Å². The molecular formula is C17H14N4O2S. The Hall–Kier alpha value is -2.95. The van der Waals surface area contributed by atoms with Gasteiger partial charge in [-0.3, -0.25) is 0 Å². The molecule has 0 bridgehead atoms. The van der Waals surface area contributed by atoms with Gasteiger partial charge in [-0.25, -0.2) is 18.2 Å². The molecule has 0 saturated heterocycles. The number of nitrogens with two attached hydrogens (primary N) is 1. The lowest BCUT2D eigenvalue weighted by atomic mass is 10.1. The SMILES string of the molecule is Cc1ccc(-c2cc(C#N)nn2-c2ccc(S(N)(=O)=O)cc2)cc1. The third-order valence-electron chi connectivity index (χ3n) is 3.58. The normalized spacial score (nSPS) is 11.2. The molecule has 1 heterocycles. The van der Waals surface area contributed by atoms with E-state index in [1.165, 1.54) is 12.1 Å². The summed E-state index contributed by atoms with van der Waals surface area (Å²) in [7, 11) is -3.75. The number of rotatable bonds is 3. The zero-order valence-electron chi connectivity index (χ0n) is 12.8. The predicted octanol–water partition coefficient (Wildman–Crippen LogP) is 2.37. The molecule has 2 N–H and O–H groups in total. The topological polar surface area (TPSA) is 102 Å². The van der Waals surface area contributed by atoms with E-state index in [4.69, 9.17) is 10.4 Å². The summed E-state index contributed by atoms with van der Waals surface area (Å²) in [5.74, 6) is 0. The van der Waals surface area contributed by atoms with Crippen molar-refractivity contribution in [2.45, 2.75) is 11.8 Å². The molecule has 0 radical (unpaired) electrons. The van der Waals surface area contributed by atoms with Gasteiger partial charge in [0.15, 0.2) is 5.69 Å². The molecule has 0 spiro atoms. The first-order chi connectivity index (χ1) is 11.4. The van der Waals surface area contributed by atoms with Gasteiger partial charge in [-0.15, -0.1) is 0 Å². The van der Waals surface area contributed by atoms with Crippen molar-refractivity contribution in [1.82, 2.24) is 9.78 Å². The van der Waals surface area contributed by atoms with Crippen molar-refractivity contribution in [3.8, 4) is 23.0 Å². The Balaban J connectivity index is 2.12. The highest BCUT2D eigenvalue weighted by molar-refractivity contribution is 7.89. The van der Waals surface area contributed by atoms with E-state index in [0.29, 0.717) is 5.69 Å². The molecule has 3 rings (SSSR count). The molecule has 0 aliphatic heterocycles. The summed E-state index contributed by atoms with van der Waals surface area (Å²) in [6.07, 6.45) is 0. The Bertz CT molecular complexity index is 1030. The molecule has 0 aliphatic rings. The fraction of sp³-hybridized carbons (Fsp3) is 0.0588. The minimum absolute atomic E-state index is 0.0239. The molecule has 0 aliphatic carbocycles. The van der Waals surface area contributed by atoms with Gasteiger partial charge in [0.2, 0.25) is 10.0 Å². The molecule has 0 atom stereocenters. The first-order valence-electron chi connectivity index (χ1n) is 7.09. The number of hydrogen-bond donors (Lipinski definition) is 1. The third kappa shape index (κ3) is 3.06. The van der Waals surface area contributed by atoms with Crippen LogP contribution in [-0.2, 0) is 10.0 Å². The molecule has 0 fully saturated rings. The summed E-state index contributed by atoms with van der Waals surface area (Å²) >= 11 is 0. The lowest BCUT2D eigenvalue weighted by molar-refractivity contribution is 0.598. The van der Waals surface area contributed by atoms with Crippen LogP contribution in [0.2, 0.25) is 0 Å². The molecule has 3 aromatic rings. The number of hydrogen-bond acceptors (Lipinski definition) is 4. The zero-order valence-corrected chi connectivity index (χ0v) is 13.7. The third-order valence-corrected chi connectivity index (χ3v) is 4.51. The standard InChI is InChI=1S/C17H14N4O2S/c1-12-2-4-13(5-3-12)17-10-14(11-18)20-21(17)15-6-8-16(9-7-15)24(19,22)23/h2-10H,1H3,(H2,19,22,23). The van der Waals surface area contributed by atoms with Crippen molar-refractivity contribution in [3.05, 3.63) is 65.9 Å². The minimum Gasteiger partial charge on any atom is -0.232 e. The number of aryl methyl sites for hydroxylation is 1. The van der Waals surface area contributed by atoms with E-state index in [-0.39, 0.29) is 10.6 Å². The van der Waals surface area contributed by atoms with Crippen molar-refractivity contribution >= 4 is 10.0 Å². The zero-order chi connectivity index (χ0) is 17.3. The van der Waals surface area contributed by atoms with Crippen molar-refractivity contribution in [2.75, 3.05) is 0 Å². The van der Waals surface area contributed by atoms with Gasteiger partial charge in [0, 0.05) is 11.6 Å². The second-order valence-electron chi connectivity index (χ2n) is 5.34. The minimum atomic E-state index is -3.75. The summed E-state index contributed by atoms with van der Waals surface area (Å²) < 4.78 is 24.3. The monoisotopic (exact) mass is 338 g/mol. The number of primary sulfonamides is 1. The van der Waals surface area contributed by atoms with Gasteiger partial charge in [-0.05, 0) is 31.2 Å². The van der Waals surface area contributed by atoms with Crippen LogP contribution < -0.4 is 5.14 Å². The molecule has 0 unspecified atom stereocenters. The largest absolute Gasteiger partial charge is 0.238 e. The summed E-state index contributed by atoms with van der Waals surface area (Å²) in [6, 6.07) is 17.6. The number of sulfonamides is 1. The maximum atomic E-state index is 11.4. The van der Waals surface area contributed by atoms with Crippen molar-refractivity contribution in [1.29, 1.82) is 5.26 Å². The van der Waals surface area contributed by atoms with Crippen LogP contribution in [0.5, 0.6) is 0 Å². The molecule has 6 nitrogen and oxygen atoms in total. The van der Waals surface area contributed by atoms with Crippen LogP contribution in [0.1, 0.15) is 11.3 Å². The Morgan fingerprint density at radius 3 is 2.25 bits per heavy atom. The highest BCUT2D eigenvalue weighted by Gasteiger charge is 2.13. The van der Waals surface area contributed by atoms with E-state index < -0.39 is 10.0 Å². The molecule has 2 aromatic carbocycles. The first kappa shape index (κ1) is 15.9. The lowest BCUT2D eigenvalue weighted by Gasteiger charge is -2.08. The van der Waals surface area contributed by atoms with Gasteiger partial charge in [-0.1, -0.05) is 29.8 Å². The van der Waals surface area contributed by atoms with E-state index in [9.17, 15) is 8.42 Å². The molecule has 24 heavy (non-hydrogen) atoms. The smallest absolute Gasteiger partial charge is 0.232 e. The average molecular weight is 338 g/mol. The molecule has 0 amide bonds. The maximum Gasteiger partial charge on any atom is 0.238 e. The van der Waals surface area contributed by atoms with Crippen molar-refractivity contribution < 1.29 is 8.42 Å². The number of nitriles is 1. The van der Waals surface area contributed by atoms with Crippen LogP contribution in [0.15, 0.2) is 59.5 Å². The van der Waals surface area contributed by atoms with Gasteiger partial charge in [-0.2, -0.15) is 10.4 Å². The molecule has 120 valence electrons. The molecular weight excluding hydrogens is 324 g/mol. The fourth-order valence-electron chi connectivity index (χ4n) is 2.34. The summed E-state index contributed by atoms with van der Waals surface area (Å²) in [5, 5.41) is 18.5. The highest BCUT2D eigenvalue weighted by atomic mass is 32.2. The van der Waals surface area contributed by atoms with Gasteiger partial charge in [0.05, 0.1) is 16.3 Å². The predicted molar refractivity (Wildman–Crippen MR) is 89.8 cm³/mol. The summed E-state index contributed by atoms with van der Waals surface area (Å²) in [6.45, 7) is 1.99. The average Bonchev–Trinajstić information content (AvgIpc) is 2.99. The van der Waals surface area contributed by atoms with Crippen LogP contribution in [-0.4, -0.2) is 18.2 Å². The maximum absolute atomic E-state index is 11.4. The molecule has 7 heteroatoms. The summed E-state index contributed by atoms with van der Waals surface area (Å²) in [4.78, 5) is 0.0239. The Morgan fingerprint density at radius 2 is 1.71 bits per heavy atom. The van der Waals surface area contributed by atoms with Gasteiger partial charge < -0.3 is 0 Å². The molecule has 0 saturated carbocycles. The second kappa shape index (κ2) is 5.92. The lowest BCUT2D eigenvalue weighted by Crippen LogP contribution is -2.12. The van der Waals surface area contributed by atoms with Gasteiger partial charge in [0.25, 0.3) is 0 Å². The second-order valence-corrected chi connectivity index (χ2v) is 6.90. The van der Waals surface area contributed by atoms with Crippen LogP contribution >= 0.6 is 0 Å². The Morgan fingerprint density at radius 1 is 1.08 bits per heavy atom. The van der Waals surface area contributed by atoms with Gasteiger partial charge >= 0.3 is 0 Å². The van der Waals surface area contributed by atoms with E-state index in [1.54, 1.807) is 22.9 Å². The van der Waals surface area contributed by atoms with E-state index in [1.807, 2.05) is 37.3 Å². The highest BCUT2D eigenvalue weighted by Crippen LogP contribution is 2.25.